The number of aromatic nitrogens is 3. The summed E-state index contributed by atoms with van der Waals surface area (Å²) in [4.78, 5) is 18.5. The molecule has 1 N–H and O–H groups in total. The molecule has 0 radical (unpaired) electrons. The summed E-state index contributed by atoms with van der Waals surface area (Å²) in [6, 6.07) is 14.3. The van der Waals surface area contributed by atoms with Gasteiger partial charge in [-0.1, -0.05) is 24.3 Å². The third-order valence-electron chi connectivity index (χ3n) is 4.78. The van der Waals surface area contributed by atoms with Crippen molar-refractivity contribution in [2.45, 2.75) is 26.8 Å². The molecule has 1 atom stereocenters. The van der Waals surface area contributed by atoms with Crippen LogP contribution in [0.25, 0.3) is 5.69 Å². The molecule has 140 valence electrons. The third-order valence-corrected chi connectivity index (χ3v) is 4.78. The maximum absolute atomic E-state index is 12.5. The molecule has 3 aromatic rings. The second-order valence-corrected chi connectivity index (χ2v) is 6.89. The lowest BCUT2D eigenvalue weighted by Crippen LogP contribution is -2.32. The molecule has 1 amide bonds. The predicted molar refractivity (Wildman–Crippen MR) is 107 cm³/mol. The summed E-state index contributed by atoms with van der Waals surface area (Å²) in [5.74, 6) is -0.0164. The van der Waals surface area contributed by atoms with E-state index in [-0.39, 0.29) is 11.9 Å². The van der Waals surface area contributed by atoms with Gasteiger partial charge >= 0.3 is 0 Å². The Balaban J connectivity index is 1.62. The molecule has 6 heteroatoms. The maximum Gasteiger partial charge on any atom is 0.238 e. The number of anilines is 1. The van der Waals surface area contributed by atoms with Gasteiger partial charge in [-0.05, 0) is 62.7 Å². The summed E-state index contributed by atoms with van der Waals surface area (Å²) in [6.45, 7) is 6.43. The zero-order valence-corrected chi connectivity index (χ0v) is 16.2. The molecule has 0 spiro atoms. The van der Waals surface area contributed by atoms with E-state index in [9.17, 15) is 4.79 Å². The topological polar surface area (TPSA) is 63.1 Å². The normalized spacial score (nSPS) is 12.2. The standard InChI is InChI=1S/C21H25N5O/c1-15-5-6-16(2)20(11-15)24-21(27)12-25(4)17(3)18-7-9-19(10-8-18)26-14-22-13-23-26/h5-11,13-14,17H,12H2,1-4H3,(H,24,27). The van der Waals surface area contributed by atoms with E-state index in [0.29, 0.717) is 6.54 Å². The fraction of sp³-hybridized carbons (Fsp3) is 0.286. The van der Waals surface area contributed by atoms with E-state index in [1.807, 2.05) is 56.1 Å². The Morgan fingerprint density at radius 2 is 1.93 bits per heavy atom. The Morgan fingerprint density at radius 1 is 1.19 bits per heavy atom. The number of nitrogens with zero attached hydrogens (tertiary/aromatic N) is 4. The van der Waals surface area contributed by atoms with Gasteiger partial charge in [-0.3, -0.25) is 9.69 Å². The number of nitrogens with one attached hydrogen (secondary N) is 1. The summed E-state index contributed by atoms with van der Waals surface area (Å²) in [6.07, 6.45) is 3.18. The molecule has 1 heterocycles. The minimum absolute atomic E-state index is 0.0164. The highest BCUT2D eigenvalue weighted by Crippen LogP contribution is 2.21. The highest BCUT2D eigenvalue weighted by Gasteiger charge is 2.16. The molecule has 1 aromatic heterocycles. The highest BCUT2D eigenvalue weighted by atomic mass is 16.2. The number of rotatable bonds is 6. The van der Waals surface area contributed by atoms with Crippen molar-refractivity contribution < 1.29 is 4.79 Å². The lowest BCUT2D eigenvalue weighted by Gasteiger charge is -2.25. The van der Waals surface area contributed by atoms with E-state index in [1.54, 1.807) is 11.0 Å². The Morgan fingerprint density at radius 3 is 2.59 bits per heavy atom. The van der Waals surface area contributed by atoms with Gasteiger partial charge in [0.2, 0.25) is 5.91 Å². The van der Waals surface area contributed by atoms with Crippen LogP contribution in [0.2, 0.25) is 0 Å². The van der Waals surface area contributed by atoms with Crippen molar-refractivity contribution in [3.8, 4) is 5.69 Å². The van der Waals surface area contributed by atoms with Gasteiger partial charge in [0.15, 0.2) is 0 Å². The summed E-state index contributed by atoms with van der Waals surface area (Å²) < 4.78 is 1.72. The van der Waals surface area contributed by atoms with E-state index >= 15 is 0 Å². The van der Waals surface area contributed by atoms with Crippen LogP contribution in [0.4, 0.5) is 5.69 Å². The van der Waals surface area contributed by atoms with Gasteiger partial charge in [-0.15, -0.1) is 0 Å². The number of hydrogen-bond donors (Lipinski definition) is 1. The molecule has 0 aliphatic heterocycles. The van der Waals surface area contributed by atoms with Crippen LogP contribution in [-0.2, 0) is 4.79 Å². The van der Waals surface area contributed by atoms with Crippen molar-refractivity contribution in [3.05, 3.63) is 71.8 Å². The molecule has 3 rings (SSSR count). The zero-order chi connectivity index (χ0) is 19.4. The fourth-order valence-electron chi connectivity index (χ4n) is 2.93. The second kappa shape index (κ2) is 8.14. The van der Waals surface area contributed by atoms with Crippen molar-refractivity contribution in [2.75, 3.05) is 18.9 Å². The monoisotopic (exact) mass is 363 g/mol. The molecule has 0 saturated carbocycles. The van der Waals surface area contributed by atoms with Gasteiger partial charge in [-0.25, -0.2) is 9.67 Å². The number of amides is 1. The van der Waals surface area contributed by atoms with Gasteiger partial charge in [0, 0.05) is 11.7 Å². The van der Waals surface area contributed by atoms with E-state index in [1.165, 1.54) is 6.33 Å². The number of carbonyl (C=O) groups excluding carboxylic acids is 1. The van der Waals surface area contributed by atoms with Gasteiger partial charge in [0.1, 0.15) is 12.7 Å². The van der Waals surface area contributed by atoms with Gasteiger partial charge in [0.25, 0.3) is 0 Å². The highest BCUT2D eigenvalue weighted by molar-refractivity contribution is 5.93. The average molecular weight is 363 g/mol. The molecule has 0 aliphatic carbocycles. The van der Waals surface area contributed by atoms with E-state index in [4.69, 9.17) is 0 Å². The van der Waals surface area contributed by atoms with Crippen LogP contribution in [0, 0.1) is 13.8 Å². The van der Waals surface area contributed by atoms with Gasteiger partial charge in [-0.2, -0.15) is 5.10 Å². The Hall–Kier alpha value is -2.99. The van der Waals surface area contributed by atoms with Crippen molar-refractivity contribution in [1.29, 1.82) is 0 Å². The van der Waals surface area contributed by atoms with Crippen LogP contribution >= 0.6 is 0 Å². The van der Waals surface area contributed by atoms with E-state index in [2.05, 4.69) is 34.5 Å². The first kappa shape index (κ1) is 18.8. The SMILES string of the molecule is Cc1ccc(C)c(NC(=O)CN(C)C(C)c2ccc(-n3cncn3)cc2)c1. The summed E-state index contributed by atoms with van der Waals surface area (Å²) >= 11 is 0. The van der Waals surface area contributed by atoms with Crippen molar-refractivity contribution >= 4 is 11.6 Å². The molecule has 0 aliphatic rings. The Labute approximate surface area is 159 Å². The summed E-state index contributed by atoms with van der Waals surface area (Å²) in [7, 11) is 1.96. The molecule has 0 bridgehead atoms. The van der Waals surface area contributed by atoms with Crippen LogP contribution in [0.3, 0.4) is 0 Å². The lowest BCUT2D eigenvalue weighted by molar-refractivity contribution is -0.117. The molecule has 6 nitrogen and oxygen atoms in total. The number of hydrogen-bond acceptors (Lipinski definition) is 4. The molecule has 0 fully saturated rings. The number of likely N-dealkylation sites (N-methyl/N-ethyl adjacent to an activating group) is 1. The molecular weight excluding hydrogens is 338 g/mol. The molecule has 0 saturated heterocycles. The first-order valence-corrected chi connectivity index (χ1v) is 8.96. The fourth-order valence-corrected chi connectivity index (χ4v) is 2.93. The molecular formula is C21H25N5O. The van der Waals surface area contributed by atoms with Crippen LogP contribution in [-0.4, -0.2) is 39.2 Å². The van der Waals surface area contributed by atoms with Gasteiger partial charge in [0.05, 0.1) is 12.2 Å². The maximum atomic E-state index is 12.5. The van der Waals surface area contributed by atoms with Crippen LogP contribution in [0.5, 0.6) is 0 Å². The lowest BCUT2D eigenvalue weighted by atomic mass is 10.1. The quantitative estimate of drug-likeness (QED) is 0.728. The van der Waals surface area contributed by atoms with Gasteiger partial charge < -0.3 is 5.32 Å². The zero-order valence-electron chi connectivity index (χ0n) is 16.2. The number of carbonyl (C=O) groups is 1. The Bertz CT molecular complexity index is 903. The van der Waals surface area contributed by atoms with Crippen molar-refractivity contribution in [1.82, 2.24) is 19.7 Å². The Kier molecular flexibility index (Phi) is 5.66. The summed E-state index contributed by atoms with van der Waals surface area (Å²) in [5.41, 5.74) is 5.16. The van der Waals surface area contributed by atoms with Crippen LogP contribution in [0.15, 0.2) is 55.1 Å². The summed E-state index contributed by atoms with van der Waals surface area (Å²) in [5, 5.41) is 7.15. The number of aryl methyl sites for hydroxylation is 2. The smallest absolute Gasteiger partial charge is 0.238 e. The molecule has 27 heavy (non-hydrogen) atoms. The predicted octanol–water partition coefficient (Wildman–Crippen LogP) is 3.52. The van der Waals surface area contributed by atoms with Crippen molar-refractivity contribution in [3.63, 3.8) is 0 Å². The first-order valence-electron chi connectivity index (χ1n) is 8.96. The average Bonchev–Trinajstić information content (AvgIpc) is 3.19. The second-order valence-electron chi connectivity index (χ2n) is 6.89. The minimum atomic E-state index is -0.0164. The van der Waals surface area contributed by atoms with Crippen molar-refractivity contribution in [2.24, 2.45) is 0 Å². The molecule has 1 unspecified atom stereocenters. The molecule has 2 aromatic carbocycles. The van der Waals surface area contributed by atoms with Crippen LogP contribution in [0.1, 0.15) is 29.7 Å². The third kappa shape index (κ3) is 4.60. The number of benzene rings is 2. The van der Waals surface area contributed by atoms with Crippen LogP contribution < -0.4 is 5.32 Å². The largest absolute Gasteiger partial charge is 0.325 e. The first-order chi connectivity index (χ1) is 12.9. The van der Waals surface area contributed by atoms with E-state index < -0.39 is 0 Å². The minimum Gasteiger partial charge on any atom is -0.325 e. The van der Waals surface area contributed by atoms with E-state index in [0.717, 1.165) is 28.1 Å².